The van der Waals surface area contributed by atoms with Crippen LogP contribution in [0, 0.1) is 0 Å². The second kappa shape index (κ2) is 9.30. The van der Waals surface area contributed by atoms with Crippen LogP contribution in [0.1, 0.15) is 11.3 Å². The minimum atomic E-state index is -0.535. The number of hydrogen-bond donors (Lipinski definition) is 0. The number of hydrogen-bond acceptors (Lipinski definition) is 8. The molecule has 2 heterocycles. The Bertz CT molecular complexity index is 1210. The number of nitrogens with zero attached hydrogens (tertiary/aromatic N) is 1. The van der Waals surface area contributed by atoms with Gasteiger partial charge in [-0.3, -0.25) is 0 Å². The van der Waals surface area contributed by atoms with Gasteiger partial charge in [0.25, 0.3) is 0 Å². The van der Waals surface area contributed by atoms with Crippen molar-refractivity contribution in [2.75, 3.05) is 21.3 Å². The molecule has 0 atom stereocenters. The third-order valence-corrected chi connectivity index (χ3v) is 4.69. The second-order valence-corrected chi connectivity index (χ2v) is 6.73. The fourth-order valence-corrected chi connectivity index (χ4v) is 3.15. The Morgan fingerprint density at radius 3 is 2.41 bits per heavy atom. The smallest absolute Gasteiger partial charge is 0.331 e. The summed E-state index contributed by atoms with van der Waals surface area (Å²) in [6.45, 7) is -0.0395. The average Bonchev–Trinajstić information content (AvgIpc) is 3.47. The molecule has 0 aliphatic rings. The van der Waals surface area contributed by atoms with Gasteiger partial charge >= 0.3 is 5.97 Å². The van der Waals surface area contributed by atoms with Crippen LogP contribution in [0.5, 0.6) is 17.2 Å². The molecule has 4 rings (SSSR count). The molecule has 0 saturated carbocycles. The van der Waals surface area contributed by atoms with Crippen LogP contribution in [0.2, 0.25) is 0 Å². The van der Waals surface area contributed by atoms with Gasteiger partial charge in [0.15, 0.2) is 17.3 Å². The Morgan fingerprint density at radius 1 is 0.969 bits per heavy atom. The molecule has 2 aromatic heterocycles. The largest absolute Gasteiger partial charge is 0.493 e. The first kappa shape index (κ1) is 21.0. The van der Waals surface area contributed by atoms with Crippen molar-refractivity contribution in [3.05, 3.63) is 65.9 Å². The molecule has 0 N–H and O–H groups in total. The fraction of sp³-hybridized carbons (Fsp3) is 0.167. The maximum atomic E-state index is 12.1. The minimum absolute atomic E-state index is 0.0395. The zero-order valence-corrected chi connectivity index (χ0v) is 17.8. The number of carbonyl (C=O) groups is 1. The summed E-state index contributed by atoms with van der Waals surface area (Å²) >= 11 is 0. The number of ether oxygens (including phenoxy) is 4. The molecule has 0 unspecified atom stereocenters. The first-order valence-corrected chi connectivity index (χ1v) is 9.70. The predicted molar refractivity (Wildman–Crippen MR) is 117 cm³/mol. The highest BCUT2D eigenvalue weighted by Crippen LogP contribution is 2.38. The molecular weight excluding hydrogens is 414 g/mol. The number of methoxy groups -OCH3 is 3. The molecule has 0 bridgehead atoms. The van der Waals surface area contributed by atoms with E-state index >= 15 is 0 Å². The van der Waals surface area contributed by atoms with Crippen LogP contribution >= 0.6 is 0 Å². The lowest BCUT2D eigenvalue weighted by molar-refractivity contribution is -0.139. The number of benzene rings is 2. The molecule has 164 valence electrons. The summed E-state index contributed by atoms with van der Waals surface area (Å²) in [6, 6.07) is 14.6. The summed E-state index contributed by atoms with van der Waals surface area (Å²) < 4.78 is 32.2. The third kappa shape index (κ3) is 4.44. The number of aromatic nitrogens is 1. The van der Waals surface area contributed by atoms with Crippen LogP contribution in [0.3, 0.4) is 0 Å². The van der Waals surface area contributed by atoms with Gasteiger partial charge in [-0.15, -0.1) is 0 Å². The zero-order valence-electron chi connectivity index (χ0n) is 17.8. The number of carbonyl (C=O) groups excluding carboxylic acids is 1. The summed E-state index contributed by atoms with van der Waals surface area (Å²) in [5.74, 6) is 1.92. The highest BCUT2D eigenvalue weighted by molar-refractivity contribution is 5.87. The van der Waals surface area contributed by atoms with E-state index in [1.54, 1.807) is 24.3 Å². The standard InChI is InChI=1S/C24H21NO7/c1-27-21-10-15(11-22(28-2)24(21)29-3)8-9-23(26)30-14-17-13-20(32-25-17)19-12-16-6-4-5-7-18(16)31-19/h4-13H,14H2,1-3H3/b9-8+. The van der Waals surface area contributed by atoms with Crippen LogP contribution in [-0.2, 0) is 16.1 Å². The quantitative estimate of drug-likeness (QED) is 0.286. The van der Waals surface area contributed by atoms with E-state index in [0.29, 0.717) is 40.0 Å². The number of rotatable bonds is 8. The van der Waals surface area contributed by atoms with Crippen molar-refractivity contribution in [1.29, 1.82) is 0 Å². The topological polar surface area (TPSA) is 93.2 Å². The van der Waals surface area contributed by atoms with E-state index in [0.717, 1.165) is 11.0 Å². The van der Waals surface area contributed by atoms with Gasteiger partial charge in [-0.1, -0.05) is 23.4 Å². The van der Waals surface area contributed by atoms with E-state index in [9.17, 15) is 4.79 Å². The molecular formula is C24H21NO7. The van der Waals surface area contributed by atoms with E-state index in [4.69, 9.17) is 27.9 Å². The summed E-state index contributed by atoms with van der Waals surface area (Å²) in [4.78, 5) is 12.1. The van der Waals surface area contributed by atoms with Gasteiger partial charge in [-0.25, -0.2) is 4.79 Å². The van der Waals surface area contributed by atoms with E-state index in [-0.39, 0.29) is 6.61 Å². The Hall–Kier alpha value is -4.20. The molecule has 0 fully saturated rings. The van der Waals surface area contributed by atoms with Gasteiger partial charge in [-0.05, 0) is 35.9 Å². The summed E-state index contributed by atoms with van der Waals surface area (Å²) in [5.41, 5.74) is 1.91. The number of esters is 1. The molecule has 8 heteroatoms. The third-order valence-electron chi connectivity index (χ3n) is 4.69. The molecule has 8 nitrogen and oxygen atoms in total. The van der Waals surface area contributed by atoms with Gasteiger partial charge in [0.2, 0.25) is 11.5 Å². The van der Waals surface area contributed by atoms with Crippen molar-refractivity contribution in [3.63, 3.8) is 0 Å². The van der Waals surface area contributed by atoms with E-state index in [1.807, 2.05) is 30.3 Å². The monoisotopic (exact) mass is 435 g/mol. The van der Waals surface area contributed by atoms with E-state index in [1.165, 1.54) is 27.4 Å². The molecule has 0 spiro atoms. The van der Waals surface area contributed by atoms with Gasteiger partial charge in [0.05, 0.1) is 21.3 Å². The Kier molecular flexibility index (Phi) is 6.12. The lowest BCUT2D eigenvalue weighted by Crippen LogP contribution is -2.01. The predicted octanol–water partition coefficient (Wildman–Crippen LogP) is 4.87. The SMILES string of the molecule is COc1cc(/C=C/C(=O)OCc2cc(-c3cc4ccccc4o3)on2)cc(OC)c1OC. The summed E-state index contributed by atoms with van der Waals surface area (Å²) in [5, 5.41) is 4.90. The average molecular weight is 435 g/mol. The van der Waals surface area contributed by atoms with Crippen LogP contribution in [-0.4, -0.2) is 32.5 Å². The molecule has 2 aromatic carbocycles. The summed E-state index contributed by atoms with van der Waals surface area (Å²) in [7, 11) is 4.57. The van der Waals surface area contributed by atoms with Crippen LogP contribution in [0.15, 0.2) is 63.5 Å². The Balaban J connectivity index is 1.40. The maximum absolute atomic E-state index is 12.1. The highest BCUT2D eigenvalue weighted by Gasteiger charge is 2.14. The molecule has 0 aliphatic carbocycles. The molecule has 0 amide bonds. The van der Waals surface area contributed by atoms with Crippen LogP contribution in [0.25, 0.3) is 28.6 Å². The molecule has 4 aromatic rings. The van der Waals surface area contributed by atoms with Crippen molar-refractivity contribution in [2.24, 2.45) is 0 Å². The first-order chi connectivity index (χ1) is 15.6. The molecule has 0 radical (unpaired) electrons. The number of fused-ring (bicyclic) bond motifs is 1. The van der Waals surface area contributed by atoms with Gasteiger partial charge in [0.1, 0.15) is 17.9 Å². The van der Waals surface area contributed by atoms with Crippen molar-refractivity contribution in [3.8, 4) is 28.8 Å². The van der Waals surface area contributed by atoms with Crippen molar-refractivity contribution >= 4 is 23.0 Å². The Labute approximate surface area is 183 Å². The van der Waals surface area contributed by atoms with Crippen LogP contribution in [0.4, 0.5) is 0 Å². The van der Waals surface area contributed by atoms with E-state index < -0.39 is 5.97 Å². The van der Waals surface area contributed by atoms with Crippen molar-refractivity contribution in [2.45, 2.75) is 6.61 Å². The maximum Gasteiger partial charge on any atom is 0.331 e. The molecule has 0 aliphatic heterocycles. The lowest BCUT2D eigenvalue weighted by Gasteiger charge is -2.12. The van der Waals surface area contributed by atoms with Gasteiger partial charge < -0.3 is 27.9 Å². The molecule has 0 saturated heterocycles. The van der Waals surface area contributed by atoms with E-state index in [2.05, 4.69) is 5.16 Å². The number of furan rings is 1. The Morgan fingerprint density at radius 2 is 1.72 bits per heavy atom. The van der Waals surface area contributed by atoms with Gasteiger partial charge in [-0.2, -0.15) is 0 Å². The van der Waals surface area contributed by atoms with Crippen molar-refractivity contribution in [1.82, 2.24) is 5.16 Å². The normalized spacial score (nSPS) is 11.1. The first-order valence-electron chi connectivity index (χ1n) is 9.70. The van der Waals surface area contributed by atoms with Crippen molar-refractivity contribution < 1.29 is 32.7 Å². The molecule has 32 heavy (non-hydrogen) atoms. The van der Waals surface area contributed by atoms with Gasteiger partial charge in [0, 0.05) is 17.5 Å². The highest BCUT2D eigenvalue weighted by atomic mass is 16.5. The fourth-order valence-electron chi connectivity index (χ4n) is 3.15. The second-order valence-electron chi connectivity index (χ2n) is 6.73. The van der Waals surface area contributed by atoms with Crippen LogP contribution < -0.4 is 14.2 Å². The summed E-state index contributed by atoms with van der Waals surface area (Å²) in [6.07, 6.45) is 2.90. The lowest BCUT2D eigenvalue weighted by atomic mass is 10.1. The zero-order chi connectivity index (χ0) is 22.5. The number of para-hydroxylation sites is 1. The minimum Gasteiger partial charge on any atom is -0.493 e.